The van der Waals surface area contributed by atoms with Crippen molar-refractivity contribution >= 4 is 35.8 Å². The lowest BCUT2D eigenvalue weighted by Gasteiger charge is -2.22. The highest BCUT2D eigenvalue weighted by Crippen LogP contribution is 2.16. The van der Waals surface area contributed by atoms with Crippen molar-refractivity contribution in [3.8, 4) is 0 Å². The van der Waals surface area contributed by atoms with Crippen molar-refractivity contribution in [2.45, 2.75) is 13.3 Å². The predicted octanol–water partition coefficient (Wildman–Crippen LogP) is 0.626. The molecule has 0 aromatic heterocycles. The second-order valence-corrected chi connectivity index (χ2v) is 4.95. The maximum absolute atomic E-state index is 11.6. The Labute approximate surface area is 138 Å². The summed E-state index contributed by atoms with van der Waals surface area (Å²) < 4.78 is 5.46. The van der Waals surface area contributed by atoms with Crippen molar-refractivity contribution in [1.82, 2.24) is 15.1 Å². The maximum atomic E-state index is 11.6. The van der Waals surface area contributed by atoms with E-state index < -0.39 is 0 Å². The van der Waals surface area contributed by atoms with Gasteiger partial charge in [0, 0.05) is 46.8 Å². The minimum atomic E-state index is 0. The van der Waals surface area contributed by atoms with Gasteiger partial charge < -0.3 is 19.9 Å². The van der Waals surface area contributed by atoms with Gasteiger partial charge in [0.1, 0.15) is 0 Å². The summed E-state index contributed by atoms with van der Waals surface area (Å²) in [6, 6.07) is 0. The van der Waals surface area contributed by atoms with Crippen LogP contribution in [0.15, 0.2) is 4.99 Å². The maximum Gasteiger partial charge on any atom is 0.241 e. The predicted molar refractivity (Wildman–Crippen MR) is 91.6 cm³/mol. The topological polar surface area (TPSA) is 57.2 Å². The Morgan fingerprint density at radius 3 is 2.75 bits per heavy atom. The van der Waals surface area contributed by atoms with Crippen molar-refractivity contribution in [1.29, 1.82) is 0 Å². The van der Waals surface area contributed by atoms with E-state index in [0.29, 0.717) is 5.92 Å². The molecule has 1 saturated heterocycles. The number of carbonyl (C=O) groups is 1. The summed E-state index contributed by atoms with van der Waals surface area (Å²) in [5.74, 6) is 1.41. The number of nitrogens with zero attached hydrogens (tertiary/aromatic N) is 3. The van der Waals surface area contributed by atoms with Crippen LogP contribution in [-0.2, 0) is 9.53 Å². The molecule has 1 unspecified atom stereocenters. The number of carbonyl (C=O) groups excluding carboxylic acids is 1. The average Bonchev–Trinajstić information content (AvgIpc) is 2.85. The van der Waals surface area contributed by atoms with E-state index in [4.69, 9.17) is 4.74 Å². The zero-order valence-corrected chi connectivity index (χ0v) is 15.2. The van der Waals surface area contributed by atoms with Gasteiger partial charge in [-0.3, -0.25) is 9.79 Å². The third-order valence-corrected chi connectivity index (χ3v) is 3.25. The fraction of sp³-hybridized carbons (Fsp3) is 0.846. The molecule has 0 aliphatic carbocycles. The van der Waals surface area contributed by atoms with Crippen molar-refractivity contribution < 1.29 is 9.53 Å². The zero-order valence-electron chi connectivity index (χ0n) is 12.9. The third-order valence-electron chi connectivity index (χ3n) is 3.25. The molecule has 6 nitrogen and oxygen atoms in total. The normalized spacial score (nSPS) is 18.7. The van der Waals surface area contributed by atoms with E-state index in [1.165, 1.54) is 0 Å². The smallest absolute Gasteiger partial charge is 0.241 e. The highest BCUT2D eigenvalue weighted by Gasteiger charge is 2.25. The number of nitrogens with one attached hydrogen (secondary N) is 1. The van der Waals surface area contributed by atoms with Crippen LogP contribution in [0, 0.1) is 5.92 Å². The lowest BCUT2D eigenvalue weighted by atomic mass is 10.1. The largest absolute Gasteiger partial charge is 0.381 e. The Bertz CT molecular complexity index is 323. The molecule has 0 aromatic carbocycles. The molecule has 7 heteroatoms. The molecule has 20 heavy (non-hydrogen) atoms. The van der Waals surface area contributed by atoms with Crippen LogP contribution in [-0.4, -0.2) is 75.7 Å². The number of ether oxygens (including phenoxy) is 1. The molecule has 1 rings (SSSR count). The van der Waals surface area contributed by atoms with Gasteiger partial charge in [-0.25, -0.2) is 0 Å². The molecule has 1 heterocycles. The van der Waals surface area contributed by atoms with E-state index >= 15 is 0 Å². The number of halogens is 1. The summed E-state index contributed by atoms with van der Waals surface area (Å²) in [6.45, 7) is 5.77. The van der Waals surface area contributed by atoms with Crippen molar-refractivity contribution in [2.24, 2.45) is 10.9 Å². The zero-order chi connectivity index (χ0) is 14.3. The molecule has 0 saturated carbocycles. The van der Waals surface area contributed by atoms with Crippen LogP contribution in [0.3, 0.4) is 0 Å². The fourth-order valence-electron chi connectivity index (χ4n) is 2.09. The second-order valence-electron chi connectivity index (χ2n) is 4.95. The van der Waals surface area contributed by atoms with Gasteiger partial charge in [-0.2, -0.15) is 0 Å². The van der Waals surface area contributed by atoms with Gasteiger partial charge in [0.05, 0.1) is 13.2 Å². The first-order chi connectivity index (χ1) is 9.08. The average molecular weight is 398 g/mol. The van der Waals surface area contributed by atoms with Gasteiger partial charge in [-0.15, -0.1) is 24.0 Å². The molecule has 1 aliphatic rings. The van der Waals surface area contributed by atoms with Crippen LogP contribution < -0.4 is 5.32 Å². The van der Waals surface area contributed by atoms with E-state index in [-0.39, 0.29) is 36.4 Å². The first-order valence-electron chi connectivity index (χ1n) is 6.82. The van der Waals surface area contributed by atoms with E-state index in [1.54, 1.807) is 26.0 Å². The van der Waals surface area contributed by atoms with Crippen LogP contribution in [0.4, 0.5) is 0 Å². The number of guanidine groups is 1. The highest BCUT2D eigenvalue weighted by molar-refractivity contribution is 14.0. The number of hydrogen-bond donors (Lipinski definition) is 1. The number of amides is 1. The van der Waals surface area contributed by atoms with Gasteiger partial charge in [0.2, 0.25) is 5.91 Å². The van der Waals surface area contributed by atoms with Crippen LogP contribution in [0.25, 0.3) is 0 Å². The minimum absolute atomic E-state index is 0. The first-order valence-corrected chi connectivity index (χ1v) is 6.82. The standard InChI is InChI=1S/C13H26N4O2.HI/c1-5-19-10-11-6-7-17(9-11)13(14-2)15-8-12(18)16(3)4;/h11H,5-10H2,1-4H3,(H,14,15);1H. The number of aliphatic imine (C=N–C) groups is 1. The van der Waals surface area contributed by atoms with Crippen LogP contribution >= 0.6 is 24.0 Å². The molecule has 1 fully saturated rings. The Morgan fingerprint density at radius 1 is 1.50 bits per heavy atom. The molecule has 1 N–H and O–H groups in total. The SMILES string of the molecule is CCOCC1CCN(C(=NC)NCC(=O)N(C)C)C1.I. The Kier molecular flexibility index (Phi) is 9.91. The minimum Gasteiger partial charge on any atom is -0.381 e. The van der Waals surface area contributed by atoms with Gasteiger partial charge >= 0.3 is 0 Å². The van der Waals surface area contributed by atoms with Crippen molar-refractivity contribution in [3.63, 3.8) is 0 Å². The molecule has 0 aromatic rings. The van der Waals surface area contributed by atoms with Crippen LogP contribution in [0.1, 0.15) is 13.3 Å². The van der Waals surface area contributed by atoms with E-state index in [0.717, 1.165) is 38.7 Å². The van der Waals surface area contributed by atoms with E-state index in [1.807, 2.05) is 6.92 Å². The van der Waals surface area contributed by atoms with Crippen molar-refractivity contribution in [2.75, 3.05) is 54.0 Å². The quantitative estimate of drug-likeness (QED) is 0.419. The van der Waals surface area contributed by atoms with Gasteiger partial charge in [-0.1, -0.05) is 0 Å². The first kappa shape index (κ1) is 19.4. The lowest BCUT2D eigenvalue weighted by Crippen LogP contribution is -2.44. The van der Waals surface area contributed by atoms with Crippen LogP contribution in [0.5, 0.6) is 0 Å². The molecule has 118 valence electrons. The Hall–Kier alpha value is -0.570. The monoisotopic (exact) mass is 398 g/mol. The summed E-state index contributed by atoms with van der Waals surface area (Å²) in [5, 5.41) is 3.11. The lowest BCUT2D eigenvalue weighted by molar-refractivity contribution is -0.127. The van der Waals surface area contributed by atoms with E-state index in [2.05, 4.69) is 15.2 Å². The molecule has 1 amide bonds. The van der Waals surface area contributed by atoms with Gasteiger partial charge in [0.15, 0.2) is 5.96 Å². The van der Waals surface area contributed by atoms with E-state index in [9.17, 15) is 4.79 Å². The summed E-state index contributed by atoms with van der Waals surface area (Å²) in [7, 11) is 5.25. The van der Waals surface area contributed by atoms with Crippen molar-refractivity contribution in [3.05, 3.63) is 0 Å². The number of likely N-dealkylation sites (tertiary alicyclic amines) is 1. The molecule has 0 bridgehead atoms. The summed E-state index contributed by atoms with van der Waals surface area (Å²) in [4.78, 5) is 19.5. The Balaban J connectivity index is 0.00000361. The molecular formula is C13H27IN4O2. The fourth-order valence-corrected chi connectivity index (χ4v) is 2.09. The number of likely N-dealkylation sites (N-methyl/N-ethyl adjacent to an activating group) is 1. The van der Waals surface area contributed by atoms with Crippen LogP contribution in [0.2, 0.25) is 0 Å². The summed E-state index contributed by atoms with van der Waals surface area (Å²) in [6.07, 6.45) is 1.11. The summed E-state index contributed by atoms with van der Waals surface area (Å²) >= 11 is 0. The van der Waals surface area contributed by atoms with Gasteiger partial charge in [0.25, 0.3) is 0 Å². The highest BCUT2D eigenvalue weighted by atomic mass is 127. The summed E-state index contributed by atoms with van der Waals surface area (Å²) in [5.41, 5.74) is 0. The molecular weight excluding hydrogens is 371 g/mol. The third kappa shape index (κ3) is 6.25. The molecule has 1 aliphatic heterocycles. The molecule has 1 atom stereocenters. The molecule has 0 spiro atoms. The molecule has 0 radical (unpaired) electrons. The number of rotatable bonds is 5. The second kappa shape index (κ2) is 10.2. The van der Waals surface area contributed by atoms with Gasteiger partial charge in [-0.05, 0) is 13.3 Å². The number of hydrogen-bond acceptors (Lipinski definition) is 3. The Morgan fingerprint density at radius 2 is 2.20 bits per heavy atom.